The summed E-state index contributed by atoms with van der Waals surface area (Å²) in [6.07, 6.45) is 0.680. The van der Waals surface area contributed by atoms with Gasteiger partial charge in [0, 0.05) is 4.47 Å². The van der Waals surface area contributed by atoms with Gasteiger partial charge in [0.2, 0.25) is 5.13 Å². The summed E-state index contributed by atoms with van der Waals surface area (Å²) in [6, 6.07) is 2.92. The average Bonchev–Trinajstić information content (AvgIpc) is 2.73. The molecule has 20 heavy (non-hydrogen) atoms. The molecule has 0 fully saturated rings. The second-order valence-electron chi connectivity index (χ2n) is 3.66. The Hall–Kier alpha value is -0.410. The second-order valence-corrected chi connectivity index (χ2v) is 8.07. The minimum absolute atomic E-state index is 0.0251. The predicted molar refractivity (Wildman–Crippen MR) is 84.3 cm³/mol. The van der Waals surface area contributed by atoms with E-state index in [-0.39, 0.29) is 20.1 Å². The van der Waals surface area contributed by atoms with Gasteiger partial charge in [-0.3, -0.25) is 4.72 Å². The Morgan fingerprint density at radius 3 is 2.40 bits per heavy atom. The summed E-state index contributed by atoms with van der Waals surface area (Å²) in [7, 11) is -3.91. The molecule has 0 unspecified atom stereocenters. The third-order valence-corrected chi connectivity index (χ3v) is 6.05. The maximum Gasteiger partial charge on any atom is 0.266 e. The summed E-state index contributed by atoms with van der Waals surface area (Å²) in [5, 5.41) is 8.56. The van der Waals surface area contributed by atoms with Crippen LogP contribution in [-0.2, 0) is 16.4 Å². The second kappa shape index (κ2) is 6.15. The lowest BCUT2D eigenvalue weighted by atomic mass is 10.4. The minimum Gasteiger partial charge on any atom is -0.253 e. The van der Waals surface area contributed by atoms with Crippen LogP contribution < -0.4 is 4.72 Å². The van der Waals surface area contributed by atoms with E-state index in [4.69, 9.17) is 23.2 Å². The molecule has 0 atom stereocenters. The van der Waals surface area contributed by atoms with E-state index < -0.39 is 10.0 Å². The number of nitrogens with zero attached hydrogens (tertiary/aromatic N) is 2. The van der Waals surface area contributed by atoms with Crippen LogP contribution in [0.3, 0.4) is 0 Å². The molecule has 0 aliphatic carbocycles. The van der Waals surface area contributed by atoms with Gasteiger partial charge in [-0.15, -0.1) is 10.2 Å². The molecule has 2 aromatic rings. The minimum atomic E-state index is -3.91. The van der Waals surface area contributed by atoms with E-state index >= 15 is 0 Å². The number of benzene rings is 1. The molecule has 1 aromatic heterocycles. The van der Waals surface area contributed by atoms with Crippen LogP contribution in [0.25, 0.3) is 0 Å². The Balaban J connectivity index is 2.40. The van der Waals surface area contributed by atoms with Crippen LogP contribution >= 0.6 is 50.5 Å². The number of sulfonamides is 1. The Morgan fingerprint density at radius 1 is 1.30 bits per heavy atom. The van der Waals surface area contributed by atoms with Gasteiger partial charge >= 0.3 is 0 Å². The number of rotatable bonds is 4. The van der Waals surface area contributed by atoms with Crippen molar-refractivity contribution in [2.45, 2.75) is 18.2 Å². The average molecular weight is 417 g/mol. The zero-order valence-electron chi connectivity index (χ0n) is 10.0. The highest BCUT2D eigenvalue weighted by Gasteiger charge is 2.24. The summed E-state index contributed by atoms with van der Waals surface area (Å²) >= 11 is 16.3. The first-order chi connectivity index (χ1) is 9.33. The van der Waals surface area contributed by atoms with E-state index in [0.717, 1.165) is 16.3 Å². The molecule has 0 spiro atoms. The quantitative estimate of drug-likeness (QED) is 0.818. The highest BCUT2D eigenvalue weighted by Crippen LogP contribution is 2.34. The zero-order chi connectivity index (χ0) is 14.9. The summed E-state index contributed by atoms with van der Waals surface area (Å²) in [6.45, 7) is 1.90. The predicted octanol–water partition coefficient (Wildman–Crippen LogP) is 3.97. The summed E-state index contributed by atoms with van der Waals surface area (Å²) in [5.74, 6) is 0. The van der Waals surface area contributed by atoms with Crippen LogP contribution in [0.4, 0.5) is 5.13 Å². The van der Waals surface area contributed by atoms with Crippen LogP contribution in [0.2, 0.25) is 10.0 Å². The zero-order valence-corrected chi connectivity index (χ0v) is 14.8. The van der Waals surface area contributed by atoms with Crippen molar-refractivity contribution in [3.05, 3.63) is 31.7 Å². The topological polar surface area (TPSA) is 72.0 Å². The fraction of sp³-hybridized carbons (Fsp3) is 0.200. The van der Waals surface area contributed by atoms with E-state index in [1.165, 1.54) is 12.1 Å². The van der Waals surface area contributed by atoms with E-state index in [2.05, 4.69) is 30.8 Å². The molecule has 0 saturated carbocycles. The lowest BCUT2D eigenvalue weighted by molar-refractivity contribution is 0.601. The highest BCUT2D eigenvalue weighted by molar-refractivity contribution is 9.10. The number of aromatic nitrogens is 2. The van der Waals surface area contributed by atoms with Gasteiger partial charge < -0.3 is 0 Å². The monoisotopic (exact) mass is 415 g/mol. The van der Waals surface area contributed by atoms with E-state index in [1.807, 2.05) is 6.92 Å². The molecule has 1 heterocycles. The molecule has 2 rings (SSSR count). The van der Waals surface area contributed by atoms with Gasteiger partial charge in [0.1, 0.15) is 9.90 Å². The highest BCUT2D eigenvalue weighted by atomic mass is 79.9. The third-order valence-electron chi connectivity index (χ3n) is 2.22. The van der Waals surface area contributed by atoms with Crippen LogP contribution in [0.15, 0.2) is 21.5 Å². The van der Waals surface area contributed by atoms with Crippen molar-refractivity contribution in [3.63, 3.8) is 0 Å². The van der Waals surface area contributed by atoms with Crippen molar-refractivity contribution in [1.82, 2.24) is 10.2 Å². The number of hydrogen-bond acceptors (Lipinski definition) is 5. The first-order valence-corrected chi connectivity index (χ1v) is 9.18. The first kappa shape index (κ1) is 16.0. The van der Waals surface area contributed by atoms with Gasteiger partial charge in [-0.2, -0.15) is 0 Å². The molecule has 0 saturated heterocycles. The molecule has 1 N–H and O–H groups in total. The molecular weight excluding hydrogens is 409 g/mol. The standard InChI is InChI=1S/C10H8BrCl2N3O2S2/c1-2-8-14-15-10(19-8)16-20(17,18)9-6(12)3-5(11)4-7(9)13/h3-4H,2H2,1H3,(H,15,16). The Bertz CT molecular complexity index is 726. The molecule has 5 nitrogen and oxygen atoms in total. The lowest BCUT2D eigenvalue weighted by Crippen LogP contribution is -2.14. The largest absolute Gasteiger partial charge is 0.266 e. The number of aryl methyl sites for hydroxylation is 1. The molecule has 0 bridgehead atoms. The van der Waals surface area contributed by atoms with Gasteiger partial charge in [0.15, 0.2) is 0 Å². The van der Waals surface area contributed by atoms with Crippen molar-refractivity contribution in [3.8, 4) is 0 Å². The van der Waals surface area contributed by atoms with Gasteiger partial charge in [-0.1, -0.05) is 57.4 Å². The van der Waals surface area contributed by atoms with E-state index in [9.17, 15) is 8.42 Å². The van der Waals surface area contributed by atoms with Crippen molar-refractivity contribution >= 4 is 65.6 Å². The van der Waals surface area contributed by atoms with Crippen molar-refractivity contribution in [1.29, 1.82) is 0 Å². The van der Waals surface area contributed by atoms with Crippen molar-refractivity contribution in [2.24, 2.45) is 0 Å². The number of nitrogens with one attached hydrogen (secondary N) is 1. The van der Waals surface area contributed by atoms with Crippen molar-refractivity contribution < 1.29 is 8.42 Å². The Labute approximate surface area is 138 Å². The van der Waals surface area contributed by atoms with Crippen molar-refractivity contribution in [2.75, 3.05) is 4.72 Å². The molecule has 1 aromatic carbocycles. The SMILES string of the molecule is CCc1nnc(NS(=O)(=O)c2c(Cl)cc(Br)cc2Cl)s1. The maximum absolute atomic E-state index is 12.3. The molecule has 0 aliphatic rings. The molecule has 0 radical (unpaired) electrons. The number of halogens is 3. The molecule has 10 heteroatoms. The normalized spacial score (nSPS) is 11.6. The van der Waals surface area contributed by atoms with Gasteiger partial charge in [0.25, 0.3) is 10.0 Å². The lowest BCUT2D eigenvalue weighted by Gasteiger charge is -2.09. The fourth-order valence-corrected chi connectivity index (χ4v) is 5.24. The van der Waals surface area contributed by atoms with Gasteiger partial charge in [-0.05, 0) is 18.6 Å². The van der Waals surface area contributed by atoms with Crippen LogP contribution in [0, 0.1) is 0 Å². The van der Waals surface area contributed by atoms with Crippen LogP contribution in [0.1, 0.15) is 11.9 Å². The van der Waals surface area contributed by atoms with Gasteiger partial charge in [-0.25, -0.2) is 8.42 Å². The molecular formula is C10H8BrCl2N3O2S2. The summed E-state index contributed by atoms with van der Waals surface area (Å²) in [4.78, 5) is -0.183. The maximum atomic E-state index is 12.3. The number of anilines is 1. The van der Waals surface area contributed by atoms with E-state index in [0.29, 0.717) is 10.9 Å². The fourth-order valence-electron chi connectivity index (χ4n) is 1.39. The summed E-state index contributed by atoms with van der Waals surface area (Å²) < 4.78 is 27.5. The molecule has 0 amide bonds. The Kier molecular flexibility index (Phi) is 4.91. The molecule has 108 valence electrons. The number of hydrogen-bond donors (Lipinski definition) is 1. The van der Waals surface area contributed by atoms with Gasteiger partial charge in [0.05, 0.1) is 10.0 Å². The third kappa shape index (κ3) is 3.43. The smallest absolute Gasteiger partial charge is 0.253 e. The summed E-state index contributed by atoms with van der Waals surface area (Å²) in [5.41, 5.74) is 0. The van der Waals surface area contributed by atoms with Crippen LogP contribution in [-0.4, -0.2) is 18.6 Å². The first-order valence-electron chi connectivity index (χ1n) is 5.33. The Morgan fingerprint density at radius 2 is 1.90 bits per heavy atom. The molecule has 0 aliphatic heterocycles. The van der Waals surface area contributed by atoms with Crippen LogP contribution in [0.5, 0.6) is 0 Å². The van der Waals surface area contributed by atoms with E-state index in [1.54, 1.807) is 0 Å².